The summed E-state index contributed by atoms with van der Waals surface area (Å²) in [5.41, 5.74) is 6.32. The molecule has 5 rings (SSSR count). The Balaban J connectivity index is 1.39. The van der Waals surface area contributed by atoms with E-state index in [1.807, 2.05) is 24.3 Å². The highest BCUT2D eigenvalue weighted by Crippen LogP contribution is 2.28. The summed E-state index contributed by atoms with van der Waals surface area (Å²) < 4.78 is 33.0. The first-order chi connectivity index (χ1) is 16.4. The molecule has 3 N–H and O–H groups in total. The number of benzene rings is 3. The molecule has 0 bridgehead atoms. The lowest BCUT2D eigenvalue weighted by molar-refractivity contribution is 0.102. The highest BCUT2D eigenvalue weighted by molar-refractivity contribution is 7.89. The Bertz CT molecular complexity index is 1370. The van der Waals surface area contributed by atoms with E-state index in [0.717, 1.165) is 37.0 Å². The molecule has 34 heavy (non-hydrogen) atoms. The average molecular weight is 478 g/mol. The van der Waals surface area contributed by atoms with Crippen molar-refractivity contribution in [2.24, 2.45) is 0 Å². The van der Waals surface area contributed by atoms with Gasteiger partial charge in [-0.3, -0.25) is 4.79 Å². The lowest BCUT2D eigenvalue weighted by Gasteiger charge is -2.13. The number of hydrogen-bond acceptors (Lipinski definition) is 5. The second kappa shape index (κ2) is 9.12. The monoisotopic (exact) mass is 477 g/mol. The summed E-state index contributed by atoms with van der Waals surface area (Å²) in [5, 5.41) is 6.19. The molecule has 1 amide bonds. The molecular weight excluding hydrogens is 450 g/mol. The fraction of sp³-hybridized carbons (Fsp3) is 0.269. The van der Waals surface area contributed by atoms with Crippen molar-refractivity contribution < 1.29 is 17.9 Å². The number of anilines is 2. The van der Waals surface area contributed by atoms with Gasteiger partial charge in [-0.25, -0.2) is 13.1 Å². The molecular formula is C26H27N3O4S. The third kappa shape index (κ3) is 4.64. The minimum atomic E-state index is -3.74. The number of amides is 1. The summed E-state index contributed by atoms with van der Waals surface area (Å²) in [7, 11) is -2.38. The van der Waals surface area contributed by atoms with Gasteiger partial charge in [-0.2, -0.15) is 0 Å². The molecule has 0 radical (unpaired) electrons. The van der Waals surface area contributed by atoms with Crippen LogP contribution in [0, 0.1) is 0 Å². The summed E-state index contributed by atoms with van der Waals surface area (Å²) in [5.74, 6) is 0.556. The molecule has 0 saturated heterocycles. The van der Waals surface area contributed by atoms with Gasteiger partial charge < -0.3 is 15.4 Å². The van der Waals surface area contributed by atoms with Crippen LogP contribution in [0.15, 0.2) is 59.5 Å². The molecule has 0 spiro atoms. The molecule has 8 heteroatoms. The van der Waals surface area contributed by atoms with Crippen molar-refractivity contribution in [3.63, 3.8) is 0 Å². The summed E-state index contributed by atoms with van der Waals surface area (Å²) >= 11 is 0. The van der Waals surface area contributed by atoms with Crippen molar-refractivity contribution in [1.29, 1.82) is 0 Å². The number of nitrogens with one attached hydrogen (secondary N) is 3. The predicted octanol–water partition coefficient (Wildman–Crippen LogP) is 3.88. The van der Waals surface area contributed by atoms with E-state index in [0.29, 0.717) is 24.5 Å². The van der Waals surface area contributed by atoms with Gasteiger partial charge in [-0.05, 0) is 85.0 Å². The first kappa shape index (κ1) is 22.4. The van der Waals surface area contributed by atoms with Crippen LogP contribution in [0.2, 0.25) is 0 Å². The van der Waals surface area contributed by atoms with Crippen LogP contribution in [0.1, 0.15) is 39.0 Å². The molecule has 1 aliphatic heterocycles. The fourth-order valence-electron chi connectivity index (χ4n) is 4.51. The summed E-state index contributed by atoms with van der Waals surface area (Å²) in [6.07, 6.45) is 4.09. The normalized spacial score (nSPS) is 14.3. The predicted molar refractivity (Wildman–Crippen MR) is 132 cm³/mol. The quantitative estimate of drug-likeness (QED) is 0.480. The Morgan fingerprint density at radius 2 is 1.76 bits per heavy atom. The molecule has 1 heterocycles. The molecule has 0 aromatic heterocycles. The lowest BCUT2D eigenvalue weighted by atomic mass is 10.1. The largest absolute Gasteiger partial charge is 0.493 e. The van der Waals surface area contributed by atoms with E-state index in [-0.39, 0.29) is 16.4 Å². The van der Waals surface area contributed by atoms with Crippen molar-refractivity contribution in [2.75, 3.05) is 24.3 Å². The van der Waals surface area contributed by atoms with E-state index >= 15 is 0 Å². The molecule has 3 aromatic rings. The van der Waals surface area contributed by atoms with Crippen LogP contribution in [0.4, 0.5) is 11.4 Å². The third-order valence-corrected chi connectivity index (χ3v) is 7.75. The third-order valence-electron chi connectivity index (χ3n) is 6.35. The SMILES string of the molecule is CNS(=O)(=O)c1cc(NCc2ccc3c(c2)CCO3)cc(C(=O)Nc2ccc3c(c2)CCC3)c1. The minimum Gasteiger partial charge on any atom is -0.493 e. The molecule has 2 aliphatic rings. The van der Waals surface area contributed by atoms with E-state index in [1.165, 1.54) is 35.9 Å². The molecule has 176 valence electrons. The van der Waals surface area contributed by atoms with Gasteiger partial charge in [-0.15, -0.1) is 0 Å². The van der Waals surface area contributed by atoms with E-state index in [9.17, 15) is 13.2 Å². The number of hydrogen-bond donors (Lipinski definition) is 3. The summed E-state index contributed by atoms with van der Waals surface area (Å²) in [6, 6.07) is 16.6. The van der Waals surface area contributed by atoms with Crippen LogP contribution in [-0.4, -0.2) is 28.0 Å². The zero-order valence-electron chi connectivity index (χ0n) is 19.0. The smallest absolute Gasteiger partial charge is 0.255 e. The molecule has 0 saturated carbocycles. The van der Waals surface area contributed by atoms with Crippen molar-refractivity contribution in [3.05, 3.63) is 82.4 Å². The van der Waals surface area contributed by atoms with Crippen LogP contribution in [0.5, 0.6) is 5.75 Å². The zero-order chi connectivity index (χ0) is 23.7. The van der Waals surface area contributed by atoms with Crippen molar-refractivity contribution >= 4 is 27.3 Å². The van der Waals surface area contributed by atoms with E-state index in [1.54, 1.807) is 6.07 Å². The summed E-state index contributed by atoms with van der Waals surface area (Å²) in [6.45, 7) is 1.18. The van der Waals surface area contributed by atoms with Crippen LogP contribution < -0.4 is 20.1 Å². The number of fused-ring (bicyclic) bond motifs is 2. The number of carbonyl (C=O) groups excluding carboxylic acids is 1. The topological polar surface area (TPSA) is 96.5 Å². The zero-order valence-corrected chi connectivity index (χ0v) is 19.8. The second-order valence-corrected chi connectivity index (χ2v) is 10.5. The number of aryl methyl sites for hydroxylation is 2. The van der Waals surface area contributed by atoms with Crippen molar-refractivity contribution in [2.45, 2.75) is 37.1 Å². The van der Waals surface area contributed by atoms with Crippen LogP contribution in [-0.2, 0) is 35.8 Å². The Morgan fingerprint density at radius 1 is 0.912 bits per heavy atom. The Morgan fingerprint density at radius 3 is 2.62 bits per heavy atom. The maximum Gasteiger partial charge on any atom is 0.255 e. The van der Waals surface area contributed by atoms with Crippen LogP contribution in [0.3, 0.4) is 0 Å². The number of sulfonamides is 1. The first-order valence-corrected chi connectivity index (χ1v) is 12.9. The molecule has 7 nitrogen and oxygen atoms in total. The number of carbonyl (C=O) groups is 1. The van der Waals surface area contributed by atoms with Gasteiger partial charge in [0, 0.05) is 29.9 Å². The Kier molecular flexibility index (Phi) is 6.02. The Hall–Kier alpha value is -3.36. The molecule has 0 atom stereocenters. The molecule has 1 aliphatic carbocycles. The van der Waals surface area contributed by atoms with Gasteiger partial charge in [0.25, 0.3) is 5.91 Å². The van der Waals surface area contributed by atoms with Gasteiger partial charge in [0.2, 0.25) is 10.0 Å². The summed E-state index contributed by atoms with van der Waals surface area (Å²) in [4.78, 5) is 13.1. The number of rotatable bonds is 7. The van der Waals surface area contributed by atoms with Gasteiger partial charge in [0.15, 0.2) is 0 Å². The second-order valence-electron chi connectivity index (χ2n) is 8.64. The highest BCUT2D eigenvalue weighted by Gasteiger charge is 2.18. The van der Waals surface area contributed by atoms with E-state index < -0.39 is 10.0 Å². The van der Waals surface area contributed by atoms with Gasteiger partial charge in [0.05, 0.1) is 11.5 Å². The first-order valence-electron chi connectivity index (χ1n) is 11.4. The van der Waals surface area contributed by atoms with Crippen LogP contribution >= 0.6 is 0 Å². The number of ether oxygens (including phenoxy) is 1. The lowest BCUT2D eigenvalue weighted by Crippen LogP contribution is -2.20. The van der Waals surface area contributed by atoms with Crippen LogP contribution in [0.25, 0.3) is 0 Å². The standard InChI is InChI=1S/C26H27N3O4S/c1-27-34(31,32)24-14-21(26(30)29-22-7-6-18-3-2-4-19(18)12-22)13-23(15-24)28-16-17-5-8-25-20(11-17)9-10-33-25/h5-8,11-15,27-28H,2-4,9-10,16H2,1H3,(H,29,30). The van der Waals surface area contributed by atoms with Crippen molar-refractivity contribution in [3.8, 4) is 5.75 Å². The fourth-order valence-corrected chi connectivity index (χ4v) is 5.31. The molecule has 3 aromatic carbocycles. The van der Waals surface area contributed by atoms with E-state index in [2.05, 4.69) is 27.5 Å². The van der Waals surface area contributed by atoms with E-state index in [4.69, 9.17) is 4.74 Å². The van der Waals surface area contributed by atoms with Gasteiger partial charge >= 0.3 is 0 Å². The van der Waals surface area contributed by atoms with Gasteiger partial charge in [-0.1, -0.05) is 18.2 Å². The van der Waals surface area contributed by atoms with Gasteiger partial charge in [0.1, 0.15) is 5.75 Å². The average Bonchev–Trinajstić information content (AvgIpc) is 3.51. The highest BCUT2D eigenvalue weighted by atomic mass is 32.2. The maximum absolute atomic E-state index is 13.1. The van der Waals surface area contributed by atoms with Crippen molar-refractivity contribution in [1.82, 2.24) is 4.72 Å². The minimum absolute atomic E-state index is 0.0291. The molecule has 0 unspecified atom stereocenters. The molecule has 0 fully saturated rings. The maximum atomic E-state index is 13.1. The Labute approximate surface area is 199 Å².